The number of amides is 4. The zero-order chi connectivity index (χ0) is 38.9. The van der Waals surface area contributed by atoms with Crippen LogP contribution >= 0.6 is 23.2 Å². The zero-order valence-corrected chi connectivity index (χ0v) is 30.9. The summed E-state index contributed by atoms with van der Waals surface area (Å²) in [5.74, 6) is -7.47. The SMILES string of the molecule is COc1ccc(C23C(=O)N(Nc4ccc(Cl)cc4Cl)C(=O)C2CC2C(=CCC4C(=O)N(c5cccc(C(=O)O)c5)C(=O)C42)C3c2cc(OC)ccc2O)cc1. The molecule has 6 unspecified atom stereocenters. The highest BCUT2D eigenvalue weighted by Gasteiger charge is 2.70. The molecular weight excluding hydrogens is 749 g/mol. The summed E-state index contributed by atoms with van der Waals surface area (Å²) in [4.78, 5) is 71.9. The molecule has 4 aliphatic rings. The van der Waals surface area contributed by atoms with Crippen molar-refractivity contribution in [3.63, 3.8) is 0 Å². The predicted octanol–water partition coefficient (Wildman–Crippen LogP) is 6.60. The molecule has 4 amide bonds. The number of anilines is 2. The van der Waals surface area contributed by atoms with Gasteiger partial charge < -0.3 is 19.7 Å². The smallest absolute Gasteiger partial charge is 0.335 e. The number of aromatic hydroxyl groups is 1. The van der Waals surface area contributed by atoms with Gasteiger partial charge in [0.15, 0.2) is 0 Å². The Balaban J connectivity index is 1.34. The number of hydrogen-bond acceptors (Lipinski definition) is 9. The van der Waals surface area contributed by atoms with Crippen LogP contribution in [-0.2, 0) is 24.6 Å². The van der Waals surface area contributed by atoms with E-state index >= 15 is 4.79 Å². The van der Waals surface area contributed by atoms with Crippen LogP contribution in [0.1, 0.15) is 40.2 Å². The van der Waals surface area contributed by atoms with Crippen molar-refractivity contribution in [3.05, 3.63) is 123 Å². The molecule has 0 aromatic heterocycles. The number of fused-ring (bicyclic) bond motifs is 4. The van der Waals surface area contributed by atoms with Crippen molar-refractivity contribution in [3.8, 4) is 17.2 Å². The minimum atomic E-state index is -1.70. The van der Waals surface area contributed by atoms with Gasteiger partial charge in [-0.05, 0) is 91.1 Å². The molecule has 55 heavy (non-hydrogen) atoms. The van der Waals surface area contributed by atoms with E-state index in [4.69, 9.17) is 32.7 Å². The van der Waals surface area contributed by atoms with Gasteiger partial charge in [0.05, 0.1) is 59.3 Å². The monoisotopic (exact) mass is 781 g/mol. The molecule has 280 valence electrons. The van der Waals surface area contributed by atoms with Crippen molar-refractivity contribution in [2.24, 2.45) is 23.7 Å². The average Bonchev–Trinajstić information content (AvgIpc) is 3.56. The number of benzene rings is 4. The molecule has 3 fully saturated rings. The summed E-state index contributed by atoms with van der Waals surface area (Å²) in [6.45, 7) is 0. The van der Waals surface area contributed by atoms with Gasteiger partial charge in [-0.2, -0.15) is 5.01 Å². The first-order valence-electron chi connectivity index (χ1n) is 17.4. The molecule has 6 atom stereocenters. The van der Waals surface area contributed by atoms with Crippen molar-refractivity contribution in [1.29, 1.82) is 0 Å². The lowest BCUT2D eigenvalue weighted by atomic mass is 9.49. The highest BCUT2D eigenvalue weighted by Crippen LogP contribution is 2.65. The van der Waals surface area contributed by atoms with Crippen LogP contribution in [0.25, 0.3) is 0 Å². The number of phenols is 1. The Morgan fingerprint density at radius 2 is 1.58 bits per heavy atom. The lowest BCUT2D eigenvalue weighted by Gasteiger charge is -2.50. The van der Waals surface area contributed by atoms with Crippen molar-refractivity contribution < 1.29 is 43.7 Å². The van der Waals surface area contributed by atoms with Gasteiger partial charge in [0.2, 0.25) is 11.8 Å². The highest BCUT2D eigenvalue weighted by atomic mass is 35.5. The molecule has 4 aromatic carbocycles. The van der Waals surface area contributed by atoms with Crippen molar-refractivity contribution >= 4 is 64.2 Å². The fourth-order valence-corrected chi connectivity index (χ4v) is 9.56. The van der Waals surface area contributed by atoms with Gasteiger partial charge in [-0.1, -0.05) is 53.1 Å². The summed E-state index contributed by atoms with van der Waals surface area (Å²) < 4.78 is 11.0. The Hall–Kier alpha value is -5.85. The van der Waals surface area contributed by atoms with Gasteiger partial charge >= 0.3 is 5.97 Å². The molecule has 4 aromatic rings. The zero-order valence-electron chi connectivity index (χ0n) is 29.4. The van der Waals surface area contributed by atoms with Crippen LogP contribution in [0, 0.1) is 23.7 Å². The molecule has 0 spiro atoms. The average molecular weight is 783 g/mol. The summed E-state index contributed by atoms with van der Waals surface area (Å²) >= 11 is 12.7. The van der Waals surface area contributed by atoms with Crippen LogP contribution in [0.3, 0.4) is 0 Å². The normalized spacial score (nSPS) is 25.6. The van der Waals surface area contributed by atoms with Gasteiger partial charge in [0.1, 0.15) is 17.2 Å². The van der Waals surface area contributed by atoms with Crippen LogP contribution in [0.2, 0.25) is 10.0 Å². The Bertz CT molecular complexity index is 2350. The number of imide groups is 2. The number of nitrogens with one attached hydrogen (secondary N) is 1. The number of hydrogen-bond donors (Lipinski definition) is 3. The van der Waals surface area contributed by atoms with E-state index in [-0.39, 0.29) is 46.1 Å². The minimum absolute atomic E-state index is 0.0145. The first-order valence-corrected chi connectivity index (χ1v) is 18.2. The molecule has 3 N–H and O–H groups in total. The lowest BCUT2D eigenvalue weighted by Crippen LogP contribution is -2.53. The van der Waals surface area contributed by atoms with E-state index in [1.165, 1.54) is 50.6 Å². The van der Waals surface area contributed by atoms with Crippen molar-refractivity contribution in [2.45, 2.75) is 24.2 Å². The van der Waals surface area contributed by atoms with Gasteiger partial charge in [-0.25, -0.2) is 4.79 Å². The number of hydrazine groups is 1. The number of rotatable bonds is 8. The second-order valence-electron chi connectivity index (χ2n) is 14.0. The van der Waals surface area contributed by atoms with Crippen LogP contribution < -0.4 is 19.8 Å². The number of aromatic carboxylic acids is 1. The quantitative estimate of drug-likeness (QED) is 0.131. The number of methoxy groups -OCH3 is 2. The van der Waals surface area contributed by atoms with E-state index in [1.54, 1.807) is 48.5 Å². The summed E-state index contributed by atoms with van der Waals surface area (Å²) in [7, 11) is 2.98. The van der Waals surface area contributed by atoms with E-state index in [1.807, 2.05) is 6.08 Å². The molecule has 2 aliphatic heterocycles. The summed E-state index contributed by atoms with van der Waals surface area (Å²) in [6.07, 6.45) is 1.95. The Labute approximate surface area is 324 Å². The third-order valence-electron chi connectivity index (χ3n) is 11.5. The Morgan fingerprint density at radius 1 is 0.855 bits per heavy atom. The molecule has 14 heteroatoms. The van der Waals surface area contributed by atoms with E-state index < -0.39 is 64.6 Å². The molecule has 2 aliphatic carbocycles. The van der Waals surface area contributed by atoms with Crippen LogP contribution in [-0.4, -0.2) is 59.0 Å². The van der Waals surface area contributed by atoms with Gasteiger partial charge in [-0.3, -0.25) is 29.5 Å². The number of carbonyl (C=O) groups is 5. The topological polar surface area (TPSA) is 163 Å². The Kier molecular flexibility index (Phi) is 8.85. The maximum absolute atomic E-state index is 15.4. The second-order valence-corrected chi connectivity index (χ2v) is 14.8. The van der Waals surface area contributed by atoms with E-state index in [9.17, 15) is 29.4 Å². The Morgan fingerprint density at radius 3 is 2.27 bits per heavy atom. The molecule has 12 nitrogen and oxygen atoms in total. The van der Waals surface area contributed by atoms with Crippen LogP contribution in [0.15, 0.2) is 96.6 Å². The minimum Gasteiger partial charge on any atom is -0.508 e. The van der Waals surface area contributed by atoms with Gasteiger partial charge in [0, 0.05) is 16.5 Å². The molecule has 8 rings (SSSR count). The molecule has 0 bridgehead atoms. The summed E-state index contributed by atoms with van der Waals surface area (Å²) in [5, 5.41) is 22.8. The number of carboxylic acids is 1. The number of ether oxygens (including phenoxy) is 2. The number of halogens is 2. The first-order chi connectivity index (χ1) is 26.4. The third kappa shape index (κ3) is 5.45. The molecular formula is C41H33Cl2N3O9. The fraction of sp³-hybridized carbons (Fsp3) is 0.244. The molecule has 2 heterocycles. The van der Waals surface area contributed by atoms with Gasteiger partial charge in [0.25, 0.3) is 11.8 Å². The largest absolute Gasteiger partial charge is 0.508 e. The molecule has 2 saturated heterocycles. The number of carbonyl (C=O) groups excluding carboxylic acids is 4. The standard InChI is InChI=1S/C41H33Cl2N3O9/c1-54-24-9-6-21(7-10-24)41-30(37(49)46(40(41)53)44-32-14-8-22(42)17-31(32)43)19-28-26(35(41)29-18-25(55-2)11-15-33(29)47)12-13-27-34(28)38(50)45(36(27)48)23-5-3-4-20(16-23)39(51)52/h3-12,14-18,27-28,30,34-35,44,47H,13,19H2,1-2H3,(H,51,52). The maximum atomic E-state index is 15.4. The lowest BCUT2D eigenvalue weighted by molar-refractivity contribution is -0.138. The number of carboxylic acid groups (broad SMARTS) is 1. The first kappa shape index (κ1) is 36.1. The fourth-order valence-electron chi connectivity index (χ4n) is 9.11. The third-order valence-corrected chi connectivity index (χ3v) is 12.0. The maximum Gasteiger partial charge on any atom is 0.335 e. The molecule has 1 saturated carbocycles. The predicted molar refractivity (Wildman–Crippen MR) is 201 cm³/mol. The van der Waals surface area contributed by atoms with Crippen LogP contribution in [0.5, 0.6) is 17.2 Å². The van der Waals surface area contributed by atoms with Crippen molar-refractivity contribution in [2.75, 3.05) is 24.5 Å². The van der Waals surface area contributed by atoms with E-state index in [0.717, 1.165) is 9.91 Å². The van der Waals surface area contributed by atoms with E-state index in [2.05, 4.69) is 5.43 Å². The summed E-state index contributed by atoms with van der Waals surface area (Å²) in [5.41, 5.74) is 2.86. The second kappa shape index (κ2) is 13.5. The molecule has 0 radical (unpaired) electrons. The van der Waals surface area contributed by atoms with Gasteiger partial charge in [-0.15, -0.1) is 0 Å². The van der Waals surface area contributed by atoms with E-state index in [0.29, 0.717) is 27.7 Å². The highest BCUT2D eigenvalue weighted by molar-refractivity contribution is 6.36. The number of phenolic OH excluding ortho intramolecular Hbond substituents is 1. The van der Waals surface area contributed by atoms with Crippen LogP contribution in [0.4, 0.5) is 11.4 Å². The number of nitrogens with zero attached hydrogens (tertiary/aromatic N) is 2. The summed E-state index contributed by atoms with van der Waals surface area (Å²) in [6, 6.07) is 21.6. The number of allylic oxidation sites excluding steroid dienone is 2. The van der Waals surface area contributed by atoms with Crippen molar-refractivity contribution in [1.82, 2.24) is 5.01 Å².